The fourth-order valence-electron chi connectivity index (χ4n) is 3.30. The van der Waals surface area contributed by atoms with Crippen molar-refractivity contribution in [3.63, 3.8) is 0 Å². The highest BCUT2D eigenvalue weighted by molar-refractivity contribution is 5.47. The second kappa shape index (κ2) is 6.87. The number of benzene rings is 2. The van der Waals surface area contributed by atoms with E-state index in [1.165, 1.54) is 43.2 Å². The van der Waals surface area contributed by atoms with Crippen molar-refractivity contribution in [3.05, 3.63) is 53.6 Å². The Labute approximate surface area is 133 Å². The van der Waals surface area contributed by atoms with E-state index in [0.717, 1.165) is 17.2 Å². The van der Waals surface area contributed by atoms with Gasteiger partial charge in [0.05, 0.1) is 7.11 Å². The molecule has 0 heterocycles. The number of ether oxygens (including phenoxy) is 2. The molecule has 2 aromatic rings. The molecule has 116 valence electrons. The average molecular weight is 296 g/mol. The van der Waals surface area contributed by atoms with Gasteiger partial charge in [-0.05, 0) is 55.0 Å². The first kappa shape index (κ1) is 15.0. The van der Waals surface area contributed by atoms with Crippen LogP contribution in [0.2, 0.25) is 0 Å². The van der Waals surface area contributed by atoms with Crippen molar-refractivity contribution < 1.29 is 9.47 Å². The standard InChI is InChI=1S/C20H24O2/c1-15-12-13-17(16-8-4-3-5-9-16)20(14-15)22-19-11-7-6-10-18(19)21-2/h6-7,10-14,16H,3-5,8-9H2,1-2H3. The SMILES string of the molecule is COc1ccccc1Oc1cc(C)ccc1C1CCCCC1. The van der Waals surface area contributed by atoms with Crippen molar-refractivity contribution in [3.8, 4) is 17.2 Å². The summed E-state index contributed by atoms with van der Waals surface area (Å²) in [7, 11) is 1.68. The van der Waals surface area contributed by atoms with E-state index >= 15 is 0 Å². The van der Waals surface area contributed by atoms with Gasteiger partial charge in [0.1, 0.15) is 5.75 Å². The lowest BCUT2D eigenvalue weighted by Gasteiger charge is -2.24. The third-order valence-corrected chi connectivity index (χ3v) is 4.50. The molecule has 0 bridgehead atoms. The summed E-state index contributed by atoms with van der Waals surface area (Å²) in [6.45, 7) is 2.11. The lowest BCUT2D eigenvalue weighted by molar-refractivity contribution is 0.372. The molecule has 1 aliphatic rings. The summed E-state index contributed by atoms with van der Waals surface area (Å²) in [5.41, 5.74) is 2.57. The Bertz CT molecular complexity index is 627. The zero-order valence-corrected chi connectivity index (χ0v) is 13.5. The van der Waals surface area contributed by atoms with E-state index in [9.17, 15) is 0 Å². The smallest absolute Gasteiger partial charge is 0.169 e. The number of rotatable bonds is 4. The summed E-state index contributed by atoms with van der Waals surface area (Å²) in [6.07, 6.45) is 6.56. The molecule has 0 radical (unpaired) electrons. The second-order valence-corrected chi connectivity index (χ2v) is 6.13. The predicted molar refractivity (Wildman–Crippen MR) is 90.1 cm³/mol. The van der Waals surface area contributed by atoms with Gasteiger partial charge in [0.2, 0.25) is 0 Å². The molecule has 0 amide bonds. The molecule has 0 atom stereocenters. The molecule has 3 rings (SSSR count). The van der Waals surface area contributed by atoms with Crippen molar-refractivity contribution in [1.29, 1.82) is 0 Å². The minimum Gasteiger partial charge on any atom is -0.493 e. The van der Waals surface area contributed by atoms with Gasteiger partial charge < -0.3 is 9.47 Å². The maximum absolute atomic E-state index is 6.24. The first-order chi connectivity index (χ1) is 10.8. The van der Waals surface area contributed by atoms with E-state index < -0.39 is 0 Å². The highest BCUT2D eigenvalue weighted by Crippen LogP contribution is 2.40. The van der Waals surface area contributed by atoms with Crippen LogP contribution in [0.4, 0.5) is 0 Å². The Balaban J connectivity index is 1.93. The molecule has 2 nitrogen and oxygen atoms in total. The first-order valence-electron chi connectivity index (χ1n) is 8.19. The Morgan fingerprint density at radius 2 is 1.59 bits per heavy atom. The van der Waals surface area contributed by atoms with Crippen LogP contribution in [-0.4, -0.2) is 7.11 Å². The van der Waals surface area contributed by atoms with Gasteiger partial charge in [0.25, 0.3) is 0 Å². The number of methoxy groups -OCH3 is 1. The number of hydrogen-bond acceptors (Lipinski definition) is 2. The van der Waals surface area contributed by atoms with E-state index in [2.05, 4.69) is 25.1 Å². The topological polar surface area (TPSA) is 18.5 Å². The quantitative estimate of drug-likeness (QED) is 0.705. The van der Waals surface area contributed by atoms with E-state index in [0.29, 0.717) is 5.92 Å². The molecule has 0 saturated heterocycles. The minimum absolute atomic E-state index is 0.624. The molecule has 1 fully saturated rings. The van der Waals surface area contributed by atoms with Crippen molar-refractivity contribution in [2.75, 3.05) is 7.11 Å². The van der Waals surface area contributed by atoms with Crippen molar-refractivity contribution >= 4 is 0 Å². The minimum atomic E-state index is 0.624. The van der Waals surface area contributed by atoms with Gasteiger partial charge in [0.15, 0.2) is 11.5 Å². The molecule has 0 N–H and O–H groups in total. The summed E-state index contributed by atoms with van der Waals surface area (Å²) >= 11 is 0. The lowest BCUT2D eigenvalue weighted by Crippen LogP contribution is -2.06. The maximum Gasteiger partial charge on any atom is 0.169 e. The first-order valence-corrected chi connectivity index (χ1v) is 8.19. The Hall–Kier alpha value is -1.96. The van der Waals surface area contributed by atoms with Crippen LogP contribution in [0.5, 0.6) is 17.2 Å². The molecule has 2 heteroatoms. The number of hydrogen-bond donors (Lipinski definition) is 0. The van der Waals surface area contributed by atoms with Crippen molar-refractivity contribution in [1.82, 2.24) is 0 Å². The summed E-state index contributed by atoms with van der Waals surface area (Å²) in [5, 5.41) is 0. The molecule has 0 spiro atoms. The highest BCUT2D eigenvalue weighted by Gasteiger charge is 2.20. The molecule has 0 aliphatic heterocycles. The molecule has 0 unspecified atom stereocenters. The third kappa shape index (κ3) is 3.27. The normalized spacial score (nSPS) is 15.5. The summed E-state index contributed by atoms with van der Waals surface area (Å²) in [5.74, 6) is 3.17. The van der Waals surface area contributed by atoms with Gasteiger partial charge in [-0.3, -0.25) is 0 Å². The fourth-order valence-corrected chi connectivity index (χ4v) is 3.30. The molecular formula is C20H24O2. The molecular weight excluding hydrogens is 272 g/mol. The van der Waals surface area contributed by atoms with Crippen LogP contribution < -0.4 is 9.47 Å². The zero-order chi connectivity index (χ0) is 15.4. The van der Waals surface area contributed by atoms with Gasteiger partial charge in [-0.1, -0.05) is 43.5 Å². The third-order valence-electron chi connectivity index (χ3n) is 4.50. The van der Waals surface area contributed by atoms with Gasteiger partial charge >= 0.3 is 0 Å². The maximum atomic E-state index is 6.24. The monoisotopic (exact) mass is 296 g/mol. The summed E-state index contributed by atoms with van der Waals surface area (Å²) < 4.78 is 11.6. The molecule has 1 saturated carbocycles. The largest absolute Gasteiger partial charge is 0.493 e. The summed E-state index contributed by atoms with van der Waals surface area (Å²) in [6, 6.07) is 14.4. The lowest BCUT2D eigenvalue weighted by atomic mass is 9.83. The summed E-state index contributed by atoms with van der Waals surface area (Å²) in [4.78, 5) is 0. The van der Waals surface area contributed by atoms with E-state index in [1.54, 1.807) is 7.11 Å². The number of para-hydroxylation sites is 2. The average Bonchev–Trinajstić information content (AvgIpc) is 2.56. The van der Waals surface area contributed by atoms with Crippen LogP contribution in [0, 0.1) is 6.92 Å². The van der Waals surface area contributed by atoms with Crippen LogP contribution in [0.25, 0.3) is 0 Å². The number of aryl methyl sites for hydroxylation is 1. The Morgan fingerprint density at radius 3 is 2.32 bits per heavy atom. The molecule has 2 aromatic carbocycles. The molecule has 0 aromatic heterocycles. The Kier molecular flexibility index (Phi) is 4.67. The van der Waals surface area contributed by atoms with Gasteiger partial charge in [-0.25, -0.2) is 0 Å². The van der Waals surface area contributed by atoms with Crippen molar-refractivity contribution in [2.24, 2.45) is 0 Å². The zero-order valence-electron chi connectivity index (χ0n) is 13.5. The van der Waals surface area contributed by atoms with E-state index in [1.807, 2.05) is 24.3 Å². The van der Waals surface area contributed by atoms with Gasteiger partial charge in [-0.15, -0.1) is 0 Å². The van der Waals surface area contributed by atoms with Crippen LogP contribution in [0.15, 0.2) is 42.5 Å². The fraction of sp³-hybridized carbons (Fsp3) is 0.400. The van der Waals surface area contributed by atoms with E-state index in [-0.39, 0.29) is 0 Å². The van der Waals surface area contributed by atoms with Crippen LogP contribution in [-0.2, 0) is 0 Å². The van der Waals surface area contributed by atoms with Gasteiger partial charge in [0, 0.05) is 0 Å². The Morgan fingerprint density at radius 1 is 0.864 bits per heavy atom. The van der Waals surface area contributed by atoms with Gasteiger partial charge in [-0.2, -0.15) is 0 Å². The van der Waals surface area contributed by atoms with Crippen LogP contribution in [0.1, 0.15) is 49.1 Å². The molecule has 1 aliphatic carbocycles. The van der Waals surface area contributed by atoms with Crippen molar-refractivity contribution in [2.45, 2.75) is 44.9 Å². The predicted octanol–water partition coefficient (Wildman–Crippen LogP) is 5.84. The van der Waals surface area contributed by atoms with Crippen LogP contribution >= 0.6 is 0 Å². The second-order valence-electron chi connectivity index (χ2n) is 6.13. The van der Waals surface area contributed by atoms with Crippen LogP contribution in [0.3, 0.4) is 0 Å². The highest BCUT2D eigenvalue weighted by atomic mass is 16.5. The van der Waals surface area contributed by atoms with E-state index in [4.69, 9.17) is 9.47 Å². The molecule has 22 heavy (non-hydrogen) atoms.